The van der Waals surface area contributed by atoms with Crippen LogP contribution in [-0.4, -0.2) is 36.0 Å². The van der Waals surface area contributed by atoms with Crippen molar-refractivity contribution in [3.05, 3.63) is 30.9 Å². The molecule has 0 atom stereocenters. The van der Waals surface area contributed by atoms with Gasteiger partial charge in [0, 0.05) is 24.9 Å². The number of aryl methyl sites for hydroxylation is 1. The van der Waals surface area contributed by atoms with Gasteiger partial charge in [-0.3, -0.25) is 0 Å². The Balaban J connectivity index is 0.000000300. The molecule has 0 saturated heterocycles. The lowest BCUT2D eigenvalue weighted by Crippen LogP contribution is -2.05. The minimum Gasteiger partial charge on any atom is -0.478 e. The number of carboxylic acids is 1. The zero-order valence-electron chi connectivity index (χ0n) is 11.5. The topological polar surface area (TPSA) is 183 Å². The quantitative estimate of drug-likeness (QED) is 0.470. The van der Waals surface area contributed by atoms with Crippen LogP contribution in [0.2, 0.25) is 0 Å². The number of nitrogens with two attached hydrogens (primary N) is 3. The molecule has 8 N–H and O–H groups in total. The molecule has 0 spiro atoms. The van der Waals surface area contributed by atoms with Crippen molar-refractivity contribution < 1.29 is 9.90 Å². The number of aromatic amines is 1. The number of nitrogens with zero attached hydrogens (tertiary/aromatic N) is 4. The summed E-state index contributed by atoms with van der Waals surface area (Å²) in [5.74, 6) is 0.199. The molecule has 0 aromatic carbocycles. The zero-order valence-corrected chi connectivity index (χ0v) is 11.5. The van der Waals surface area contributed by atoms with Gasteiger partial charge < -0.3 is 27.3 Å². The molecule has 2 heterocycles. The van der Waals surface area contributed by atoms with Crippen LogP contribution in [0, 0.1) is 0 Å². The molecule has 0 aliphatic carbocycles. The molecule has 10 heteroatoms. The van der Waals surface area contributed by atoms with Gasteiger partial charge in [-0.1, -0.05) is 13.5 Å². The number of nitrogens with one attached hydrogen (secondary N) is 1. The van der Waals surface area contributed by atoms with Gasteiger partial charge in [0.2, 0.25) is 17.8 Å². The summed E-state index contributed by atoms with van der Waals surface area (Å²) in [5, 5.41) is 7.60. The van der Waals surface area contributed by atoms with E-state index in [2.05, 4.69) is 38.4 Å². The van der Waals surface area contributed by atoms with Crippen LogP contribution in [0.1, 0.15) is 12.7 Å². The van der Waals surface area contributed by atoms with E-state index in [0.717, 1.165) is 18.3 Å². The Morgan fingerprint density at radius 2 is 1.71 bits per heavy atom. The molecule has 2 aromatic rings. The number of aromatic nitrogens is 5. The molecule has 0 bridgehead atoms. The second kappa shape index (κ2) is 9.72. The second-order valence-electron chi connectivity index (χ2n) is 3.34. The molecule has 0 aliphatic rings. The Hall–Kier alpha value is -3.17. The summed E-state index contributed by atoms with van der Waals surface area (Å²) in [4.78, 5) is 26.7. The van der Waals surface area contributed by atoms with Crippen LogP contribution in [0.25, 0.3) is 0 Å². The Morgan fingerprint density at radius 1 is 1.29 bits per heavy atom. The van der Waals surface area contributed by atoms with Crippen LogP contribution in [0.3, 0.4) is 0 Å². The van der Waals surface area contributed by atoms with E-state index in [1.54, 1.807) is 6.20 Å². The van der Waals surface area contributed by atoms with E-state index in [1.165, 1.54) is 0 Å². The van der Waals surface area contributed by atoms with E-state index < -0.39 is 5.97 Å². The van der Waals surface area contributed by atoms with Gasteiger partial charge in [0.25, 0.3) is 0 Å². The van der Waals surface area contributed by atoms with Gasteiger partial charge in [-0.15, -0.1) is 0 Å². The van der Waals surface area contributed by atoms with Gasteiger partial charge >= 0.3 is 5.97 Å². The van der Waals surface area contributed by atoms with E-state index in [0.29, 0.717) is 0 Å². The van der Waals surface area contributed by atoms with E-state index in [-0.39, 0.29) is 17.8 Å². The summed E-state index contributed by atoms with van der Waals surface area (Å²) in [5.41, 5.74) is 15.4. The molecule has 0 fully saturated rings. The van der Waals surface area contributed by atoms with Crippen molar-refractivity contribution in [2.45, 2.75) is 13.3 Å². The van der Waals surface area contributed by atoms with Crippen LogP contribution in [0.15, 0.2) is 25.0 Å². The third-order valence-electron chi connectivity index (χ3n) is 1.75. The summed E-state index contributed by atoms with van der Waals surface area (Å²) >= 11 is 0. The SMILES string of the molecule is C=CC(=O)O.CCc1ncc[nH]1.Nc1nc(N)nc(N)n1. The third kappa shape index (κ3) is 9.41. The Kier molecular flexibility index (Phi) is 8.25. The van der Waals surface area contributed by atoms with Crippen molar-refractivity contribution in [1.29, 1.82) is 0 Å². The molecular weight excluding hydrogens is 276 g/mol. The number of rotatable bonds is 2. The molecule has 2 rings (SSSR count). The van der Waals surface area contributed by atoms with Crippen molar-refractivity contribution >= 4 is 23.8 Å². The number of anilines is 3. The molecule has 114 valence electrons. The first-order chi connectivity index (χ1) is 9.88. The highest BCUT2D eigenvalue weighted by atomic mass is 16.4. The second-order valence-corrected chi connectivity index (χ2v) is 3.34. The lowest BCUT2D eigenvalue weighted by atomic mass is 10.5. The lowest BCUT2D eigenvalue weighted by molar-refractivity contribution is -0.131. The molecule has 10 nitrogen and oxygen atoms in total. The summed E-state index contributed by atoms with van der Waals surface area (Å²) in [6.45, 7) is 5.03. The predicted octanol–water partition coefficient (Wildman–Crippen LogP) is -0.153. The maximum absolute atomic E-state index is 9.25. The predicted molar refractivity (Wildman–Crippen MR) is 78.9 cm³/mol. The van der Waals surface area contributed by atoms with E-state index >= 15 is 0 Å². The van der Waals surface area contributed by atoms with Gasteiger partial charge in [-0.25, -0.2) is 9.78 Å². The number of carbonyl (C=O) groups is 1. The molecule has 0 unspecified atom stereocenters. The van der Waals surface area contributed by atoms with E-state index in [9.17, 15) is 4.79 Å². The first-order valence-electron chi connectivity index (χ1n) is 5.75. The highest BCUT2D eigenvalue weighted by Gasteiger charge is 1.93. The maximum atomic E-state index is 9.25. The molecule has 0 aliphatic heterocycles. The largest absolute Gasteiger partial charge is 0.478 e. The normalized spacial score (nSPS) is 8.62. The maximum Gasteiger partial charge on any atom is 0.327 e. The van der Waals surface area contributed by atoms with Crippen molar-refractivity contribution in [1.82, 2.24) is 24.9 Å². The smallest absolute Gasteiger partial charge is 0.327 e. The van der Waals surface area contributed by atoms with Crippen molar-refractivity contribution in [2.24, 2.45) is 0 Å². The number of H-pyrrole nitrogens is 1. The van der Waals surface area contributed by atoms with Gasteiger partial charge in [-0.2, -0.15) is 15.0 Å². The van der Waals surface area contributed by atoms with E-state index in [4.69, 9.17) is 22.3 Å². The van der Waals surface area contributed by atoms with Crippen LogP contribution in [0.4, 0.5) is 17.8 Å². The average Bonchev–Trinajstić information content (AvgIpc) is 2.91. The zero-order chi connectivity index (χ0) is 16.3. The van der Waals surface area contributed by atoms with Gasteiger partial charge in [0.1, 0.15) is 5.82 Å². The van der Waals surface area contributed by atoms with Gasteiger partial charge in [0.05, 0.1) is 0 Å². The number of hydrogen-bond donors (Lipinski definition) is 5. The first kappa shape index (κ1) is 17.8. The van der Waals surface area contributed by atoms with Crippen LogP contribution < -0.4 is 17.2 Å². The number of hydrogen-bond acceptors (Lipinski definition) is 8. The van der Waals surface area contributed by atoms with E-state index in [1.807, 2.05) is 6.20 Å². The van der Waals surface area contributed by atoms with Crippen molar-refractivity contribution in [2.75, 3.05) is 17.2 Å². The number of aliphatic carboxylic acids is 1. The molecule has 0 saturated carbocycles. The van der Waals surface area contributed by atoms with Crippen LogP contribution in [0.5, 0.6) is 0 Å². The van der Waals surface area contributed by atoms with Crippen molar-refractivity contribution in [3.8, 4) is 0 Å². The molecular formula is C11H18N8O2. The summed E-state index contributed by atoms with van der Waals surface area (Å²) in [6.07, 6.45) is 5.42. The monoisotopic (exact) mass is 294 g/mol. The van der Waals surface area contributed by atoms with Crippen LogP contribution >= 0.6 is 0 Å². The Morgan fingerprint density at radius 3 is 1.90 bits per heavy atom. The average molecular weight is 294 g/mol. The fourth-order valence-electron chi connectivity index (χ4n) is 0.918. The van der Waals surface area contributed by atoms with Crippen LogP contribution in [-0.2, 0) is 11.2 Å². The standard InChI is InChI=1S/C5H8N2.C3H6N6.C3H4O2/c1-2-5-6-3-4-7-5;4-1-7-2(5)9-3(6)8-1;1-2-3(4)5/h3-4H,2H2,1H3,(H,6,7);(H6,4,5,6,7,8,9);2H,1H2,(H,4,5). The first-order valence-corrected chi connectivity index (χ1v) is 5.75. The molecule has 0 radical (unpaired) electrons. The summed E-state index contributed by atoms with van der Waals surface area (Å²) < 4.78 is 0. The highest BCUT2D eigenvalue weighted by molar-refractivity contribution is 5.78. The Labute approximate surface area is 121 Å². The van der Waals surface area contributed by atoms with Gasteiger partial charge in [0.15, 0.2) is 0 Å². The fraction of sp³-hybridized carbons (Fsp3) is 0.182. The summed E-state index contributed by atoms with van der Waals surface area (Å²) in [6, 6.07) is 0. The lowest BCUT2D eigenvalue weighted by Gasteiger charge is -1.93. The number of nitrogen functional groups attached to an aromatic ring is 3. The minimum absolute atomic E-state index is 0.0417. The minimum atomic E-state index is -0.981. The Bertz CT molecular complexity index is 505. The van der Waals surface area contributed by atoms with Gasteiger partial charge in [-0.05, 0) is 0 Å². The molecule has 0 amide bonds. The fourth-order valence-corrected chi connectivity index (χ4v) is 0.918. The molecule has 21 heavy (non-hydrogen) atoms. The number of imidazole rings is 1. The molecule has 2 aromatic heterocycles. The number of carboxylic acid groups (broad SMARTS) is 1. The summed E-state index contributed by atoms with van der Waals surface area (Å²) in [7, 11) is 0. The van der Waals surface area contributed by atoms with Crippen molar-refractivity contribution in [3.63, 3.8) is 0 Å². The highest BCUT2D eigenvalue weighted by Crippen LogP contribution is 1.97. The third-order valence-corrected chi connectivity index (χ3v) is 1.75.